The van der Waals surface area contributed by atoms with Crippen LogP contribution in [0.15, 0.2) is 9.98 Å². The second-order valence-corrected chi connectivity index (χ2v) is 2.25. The molecule has 0 aromatic rings. The number of nitrogens with zero attached hydrogens (tertiary/aromatic N) is 2. The first-order valence-electron chi connectivity index (χ1n) is 2.85. The Morgan fingerprint density at radius 1 is 1.25 bits per heavy atom. The maximum Gasteiger partial charge on any atom is 0.141 e. The molecule has 0 amide bonds. The maximum atomic E-state index is 4.09. The minimum Gasteiger partial charge on any atom is -0.265 e. The predicted molar refractivity (Wildman–Crippen MR) is 35.6 cm³/mol. The lowest BCUT2D eigenvalue weighted by Crippen LogP contribution is -2.05. The van der Waals surface area contributed by atoms with Gasteiger partial charge in [0, 0.05) is 12.4 Å². The van der Waals surface area contributed by atoms with Gasteiger partial charge in [-0.05, 0) is 5.92 Å². The highest BCUT2D eigenvalue weighted by Crippen LogP contribution is 2.08. The molecule has 8 heavy (non-hydrogen) atoms. The van der Waals surface area contributed by atoms with Gasteiger partial charge in [-0.2, -0.15) is 0 Å². The Morgan fingerprint density at radius 3 is 2.00 bits per heavy atom. The first kappa shape index (κ1) is 5.48. The highest BCUT2D eigenvalue weighted by atomic mass is 15.0. The summed E-state index contributed by atoms with van der Waals surface area (Å²) in [5, 5.41) is 0. The zero-order valence-electron chi connectivity index (χ0n) is 5.20. The zero-order valence-corrected chi connectivity index (χ0v) is 5.20. The molecule has 0 unspecified atom stereocenters. The molecule has 0 saturated carbocycles. The van der Waals surface area contributed by atoms with E-state index in [-0.39, 0.29) is 6.17 Å². The lowest BCUT2D eigenvalue weighted by Gasteiger charge is -2.05. The number of rotatable bonds is 1. The minimum absolute atomic E-state index is 0.204. The van der Waals surface area contributed by atoms with Crippen molar-refractivity contribution in [2.45, 2.75) is 20.0 Å². The van der Waals surface area contributed by atoms with Crippen LogP contribution in [0.2, 0.25) is 0 Å². The number of aliphatic imine (C=N–C) groups is 2. The van der Waals surface area contributed by atoms with Crippen LogP contribution in [-0.4, -0.2) is 18.6 Å². The van der Waals surface area contributed by atoms with Gasteiger partial charge in [0.2, 0.25) is 0 Å². The van der Waals surface area contributed by atoms with E-state index in [9.17, 15) is 0 Å². The van der Waals surface area contributed by atoms with Crippen LogP contribution in [0.1, 0.15) is 13.8 Å². The summed E-state index contributed by atoms with van der Waals surface area (Å²) in [4.78, 5) is 8.18. The van der Waals surface area contributed by atoms with Gasteiger partial charge in [-0.25, -0.2) is 0 Å². The molecule has 1 rings (SSSR count). The third kappa shape index (κ3) is 0.941. The Bertz CT molecular complexity index is 112. The van der Waals surface area contributed by atoms with E-state index in [0.29, 0.717) is 5.92 Å². The molecule has 0 aromatic heterocycles. The molecule has 2 heteroatoms. The minimum atomic E-state index is 0.204. The van der Waals surface area contributed by atoms with Crippen molar-refractivity contribution in [3.8, 4) is 0 Å². The van der Waals surface area contributed by atoms with Gasteiger partial charge in [0.25, 0.3) is 0 Å². The van der Waals surface area contributed by atoms with E-state index in [4.69, 9.17) is 0 Å². The van der Waals surface area contributed by atoms with Crippen LogP contribution >= 0.6 is 0 Å². The van der Waals surface area contributed by atoms with Gasteiger partial charge in [0.05, 0.1) is 0 Å². The van der Waals surface area contributed by atoms with Gasteiger partial charge in [0.1, 0.15) is 6.17 Å². The van der Waals surface area contributed by atoms with Crippen molar-refractivity contribution in [1.82, 2.24) is 0 Å². The topological polar surface area (TPSA) is 24.7 Å². The summed E-state index contributed by atoms with van der Waals surface area (Å²) in [6.07, 6.45) is 3.71. The first-order chi connectivity index (χ1) is 3.80. The van der Waals surface area contributed by atoms with Crippen molar-refractivity contribution >= 4 is 12.4 Å². The van der Waals surface area contributed by atoms with Crippen LogP contribution in [0, 0.1) is 5.92 Å². The maximum absolute atomic E-state index is 4.09. The van der Waals surface area contributed by atoms with Crippen LogP contribution in [0.25, 0.3) is 0 Å². The van der Waals surface area contributed by atoms with Crippen molar-refractivity contribution in [2.75, 3.05) is 0 Å². The molecule has 0 fully saturated rings. The highest BCUT2D eigenvalue weighted by Gasteiger charge is 2.09. The molecule has 0 saturated heterocycles. The average Bonchev–Trinajstić information content (AvgIpc) is 2.12. The Hall–Kier alpha value is -0.660. The zero-order chi connectivity index (χ0) is 5.98. The van der Waals surface area contributed by atoms with Crippen LogP contribution < -0.4 is 0 Å². The Kier molecular flexibility index (Phi) is 1.42. The molecule has 0 aliphatic carbocycles. The summed E-state index contributed by atoms with van der Waals surface area (Å²) in [5.74, 6) is 0.546. The van der Waals surface area contributed by atoms with Crippen LogP contribution in [0.3, 0.4) is 0 Å². The fourth-order valence-electron chi connectivity index (χ4n) is 0.636. The van der Waals surface area contributed by atoms with Crippen molar-refractivity contribution in [3.63, 3.8) is 0 Å². The van der Waals surface area contributed by atoms with E-state index in [1.54, 1.807) is 12.4 Å². The van der Waals surface area contributed by atoms with Gasteiger partial charge < -0.3 is 0 Å². The van der Waals surface area contributed by atoms with Crippen molar-refractivity contribution in [2.24, 2.45) is 15.9 Å². The fourth-order valence-corrected chi connectivity index (χ4v) is 0.636. The van der Waals surface area contributed by atoms with E-state index in [1.165, 1.54) is 0 Å². The van der Waals surface area contributed by atoms with Crippen LogP contribution in [-0.2, 0) is 0 Å². The molecule has 0 N–H and O–H groups in total. The second-order valence-electron chi connectivity index (χ2n) is 2.25. The second kappa shape index (κ2) is 2.07. The van der Waals surface area contributed by atoms with Crippen LogP contribution in [0.4, 0.5) is 0 Å². The van der Waals surface area contributed by atoms with Crippen LogP contribution in [0.5, 0.6) is 0 Å². The smallest absolute Gasteiger partial charge is 0.141 e. The van der Waals surface area contributed by atoms with Gasteiger partial charge in [-0.3, -0.25) is 9.98 Å². The molecule has 0 aromatic carbocycles. The molecule has 1 aliphatic rings. The summed E-state index contributed by atoms with van der Waals surface area (Å²) in [7, 11) is 0. The van der Waals surface area contributed by atoms with Gasteiger partial charge in [-0.1, -0.05) is 13.8 Å². The molecular weight excluding hydrogens is 100 g/mol. The normalized spacial score (nSPS) is 18.9. The quantitative estimate of drug-likeness (QED) is 0.483. The molecule has 0 atom stereocenters. The Labute approximate surface area is 49.3 Å². The summed E-state index contributed by atoms with van der Waals surface area (Å²) in [6, 6.07) is 0. The largest absolute Gasteiger partial charge is 0.265 e. The van der Waals surface area contributed by atoms with E-state index in [0.717, 1.165) is 0 Å². The summed E-state index contributed by atoms with van der Waals surface area (Å²) < 4.78 is 0. The SMILES string of the molecule is CC(C)C1N=CC=N1. The van der Waals surface area contributed by atoms with E-state index in [2.05, 4.69) is 23.8 Å². The molecule has 0 bridgehead atoms. The standard InChI is InChI=1S/C6H10N2/c1-5(2)6-7-3-4-8-6/h3-6H,1-2H3. The summed E-state index contributed by atoms with van der Waals surface area (Å²) >= 11 is 0. The molecule has 2 nitrogen and oxygen atoms in total. The molecule has 44 valence electrons. The molecule has 1 heterocycles. The van der Waals surface area contributed by atoms with Gasteiger partial charge >= 0.3 is 0 Å². The Morgan fingerprint density at radius 2 is 1.75 bits per heavy atom. The van der Waals surface area contributed by atoms with E-state index in [1.807, 2.05) is 0 Å². The average molecular weight is 110 g/mol. The monoisotopic (exact) mass is 110 g/mol. The van der Waals surface area contributed by atoms with Gasteiger partial charge in [-0.15, -0.1) is 0 Å². The Balaban J connectivity index is 2.49. The third-order valence-electron chi connectivity index (χ3n) is 1.14. The van der Waals surface area contributed by atoms with Crippen molar-refractivity contribution in [3.05, 3.63) is 0 Å². The fraction of sp³-hybridized carbons (Fsp3) is 0.667. The van der Waals surface area contributed by atoms with Crippen molar-refractivity contribution < 1.29 is 0 Å². The van der Waals surface area contributed by atoms with Gasteiger partial charge in [0.15, 0.2) is 0 Å². The lowest BCUT2D eigenvalue weighted by atomic mass is 10.2. The summed E-state index contributed by atoms with van der Waals surface area (Å²) in [6.45, 7) is 4.23. The third-order valence-corrected chi connectivity index (χ3v) is 1.14. The molecule has 0 spiro atoms. The van der Waals surface area contributed by atoms with E-state index >= 15 is 0 Å². The predicted octanol–water partition coefficient (Wildman–Crippen LogP) is 1.12. The number of hydrogen-bond acceptors (Lipinski definition) is 2. The van der Waals surface area contributed by atoms with E-state index < -0.39 is 0 Å². The molecular formula is C6H10N2. The first-order valence-corrected chi connectivity index (χ1v) is 2.85. The molecule has 0 radical (unpaired) electrons. The highest BCUT2D eigenvalue weighted by molar-refractivity contribution is 6.17. The summed E-state index contributed by atoms with van der Waals surface area (Å²) in [5.41, 5.74) is 0. The molecule has 1 aliphatic heterocycles. The van der Waals surface area contributed by atoms with Crippen molar-refractivity contribution in [1.29, 1.82) is 0 Å². The lowest BCUT2D eigenvalue weighted by molar-refractivity contribution is 0.522. The number of hydrogen-bond donors (Lipinski definition) is 0.